The van der Waals surface area contributed by atoms with Crippen molar-refractivity contribution in [3.63, 3.8) is 0 Å². The number of aliphatic carboxylic acids is 1. The number of aliphatic imine (C=N–C) groups is 1. The van der Waals surface area contributed by atoms with Gasteiger partial charge in [0.25, 0.3) is 0 Å². The number of carbonyl (C=O) groups is 4. The van der Waals surface area contributed by atoms with E-state index in [0.29, 0.717) is 12.8 Å². The van der Waals surface area contributed by atoms with Crippen molar-refractivity contribution in [3.8, 4) is 0 Å². The average Bonchev–Trinajstić information content (AvgIpc) is 3.43. The van der Waals surface area contributed by atoms with Gasteiger partial charge in [0.1, 0.15) is 18.1 Å². The monoisotopic (exact) mass is 620 g/mol. The topological polar surface area (TPSA) is 231 Å². The fraction of sp³-hybridized carbons (Fsp3) is 0.406. The maximum Gasteiger partial charge on any atom is 0.326 e. The summed E-state index contributed by atoms with van der Waals surface area (Å²) < 4.78 is 0. The Morgan fingerprint density at radius 2 is 1.49 bits per heavy atom. The second kappa shape index (κ2) is 16.8. The average molecular weight is 621 g/mol. The van der Waals surface area contributed by atoms with Crippen molar-refractivity contribution in [2.45, 2.75) is 70.1 Å². The van der Waals surface area contributed by atoms with Crippen LogP contribution in [-0.4, -0.2) is 70.5 Å². The largest absolute Gasteiger partial charge is 0.480 e. The normalized spacial score (nSPS) is 14.4. The Hall–Kier alpha value is -4.91. The molecule has 0 saturated heterocycles. The number of hydrogen-bond donors (Lipinski definition) is 8. The van der Waals surface area contributed by atoms with E-state index in [0.717, 1.165) is 22.0 Å². The minimum absolute atomic E-state index is 0.0450. The van der Waals surface area contributed by atoms with Gasteiger partial charge in [-0.25, -0.2) is 4.79 Å². The summed E-state index contributed by atoms with van der Waals surface area (Å²) in [5.74, 6) is -3.28. The highest BCUT2D eigenvalue weighted by molar-refractivity contribution is 5.95. The van der Waals surface area contributed by atoms with E-state index in [1.165, 1.54) is 0 Å². The summed E-state index contributed by atoms with van der Waals surface area (Å²) in [5.41, 5.74) is 19.4. The summed E-state index contributed by atoms with van der Waals surface area (Å²) in [7, 11) is 0. The summed E-state index contributed by atoms with van der Waals surface area (Å²) >= 11 is 0. The smallest absolute Gasteiger partial charge is 0.326 e. The van der Waals surface area contributed by atoms with E-state index < -0.39 is 47.9 Å². The first-order valence-corrected chi connectivity index (χ1v) is 15.0. The van der Waals surface area contributed by atoms with Gasteiger partial charge in [-0.15, -0.1) is 0 Å². The Labute approximate surface area is 262 Å². The lowest BCUT2D eigenvalue weighted by Crippen LogP contribution is -2.58. The number of nitrogens with one attached hydrogen (secondary N) is 4. The molecule has 3 rings (SSSR count). The molecule has 242 valence electrons. The lowest BCUT2D eigenvalue weighted by Gasteiger charge is -2.26. The fourth-order valence-corrected chi connectivity index (χ4v) is 4.88. The molecule has 0 aliphatic carbocycles. The van der Waals surface area contributed by atoms with Gasteiger partial charge >= 0.3 is 5.97 Å². The van der Waals surface area contributed by atoms with Gasteiger partial charge in [-0.3, -0.25) is 19.4 Å². The predicted molar refractivity (Wildman–Crippen MR) is 173 cm³/mol. The number of aromatic amines is 1. The number of H-pyrrole nitrogens is 1. The van der Waals surface area contributed by atoms with Crippen LogP contribution in [0.15, 0.2) is 65.8 Å². The molecule has 1 aromatic heterocycles. The van der Waals surface area contributed by atoms with E-state index in [1.54, 1.807) is 36.5 Å². The fourth-order valence-electron chi connectivity index (χ4n) is 4.88. The van der Waals surface area contributed by atoms with Crippen LogP contribution in [0.3, 0.4) is 0 Å². The van der Waals surface area contributed by atoms with Gasteiger partial charge in [-0.2, -0.15) is 0 Å². The van der Waals surface area contributed by atoms with Crippen LogP contribution in [0.1, 0.15) is 44.2 Å². The first-order valence-electron chi connectivity index (χ1n) is 15.0. The van der Waals surface area contributed by atoms with Crippen LogP contribution in [0.4, 0.5) is 0 Å². The quantitative estimate of drug-likeness (QED) is 0.0613. The van der Waals surface area contributed by atoms with Gasteiger partial charge in [0, 0.05) is 36.5 Å². The summed E-state index contributed by atoms with van der Waals surface area (Å²) in [4.78, 5) is 59.6. The number of amides is 3. The lowest BCUT2D eigenvalue weighted by molar-refractivity contribution is -0.142. The third-order valence-electron chi connectivity index (χ3n) is 7.77. The molecule has 0 aliphatic heterocycles. The van der Waals surface area contributed by atoms with E-state index in [-0.39, 0.29) is 37.7 Å². The predicted octanol–water partition coefficient (Wildman–Crippen LogP) is 0.919. The molecule has 1 heterocycles. The molecule has 0 spiro atoms. The Morgan fingerprint density at radius 1 is 0.867 bits per heavy atom. The lowest BCUT2D eigenvalue weighted by atomic mass is 9.98. The number of benzene rings is 2. The number of nitrogens with zero attached hydrogens (tertiary/aromatic N) is 1. The van der Waals surface area contributed by atoms with Crippen molar-refractivity contribution >= 4 is 40.6 Å². The highest BCUT2D eigenvalue weighted by Crippen LogP contribution is 2.20. The zero-order valence-electron chi connectivity index (χ0n) is 25.7. The third kappa shape index (κ3) is 10.3. The molecule has 0 radical (unpaired) electrons. The number of carboxylic acids is 1. The van der Waals surface area contributed by atoms with Crippen LogP contribution in [0.2, 0.25) is 0 Å². The Kier molecular flexibility index (Phi) is 12.9. The second-order valence-electron chi connectivity index (χ2n) is 11.1. The maximum atomic E-state index is 13.8. The molecule has 45 heavy (non-hydrogen) atoms. The van der Waals surface area contributed by atoms with Crippen molar-refractivity contribution < 1.29 is 24.3 Å². The van der Waals surface area contributed by atoms with Crippen LogP contribution < -0.4 is 33.2 Å². The van der Waals surface area contributed by atoms with Gasteiger partial charge in [-0.05, 0) is 36.0 Å². The number of rotatable bonds is 17. The van der Waals surface area contributed by atoms with Crippen LogP contribution in [0, 0.1) is 5.92 Å². The molecule has 5 unspecified atom stereocenters. The van der Waals surface area contributed by atoms with Crippen molar-refractivity contribution in [1.82, 2.24) is 20.9 Å². The molecule has 0 fully saturated rings. The number of nitrogens with two attached hydrogens (primary N) is 3. The van der Waals surface area contributed by atoms with Crippen LogP contribution >= 0.6 is 0 Å². The highest BCUT2D eigenvalue weighted by Gasteiger charge is 2.31. The Morgan fingerprint density at radius 3 is 2.16 bits per heavy atom. The molecular weight excluding hydrogens is 576 g/mol. The van der Waals surface area contributed by atoms with Gasteiger partial charge in [0.15, 0.2) is 5.96 Å². The molecule has 3 aromatic rings. The molecule has 3 amide bonds. The second-order valence-corrected chi connectivity index (χ2v) is 11.1. The summed E-state index contributed by atoms with van der Waals surface area (Å²) in [6, 6.07) is 12.1. The van der Waals surface area contributed by atoms with Gasteiger partial charge in [0.05, 0.1) is 6.04 Å². The molecule has 0 aliphatic rings. The molecule has 0 saturated carbocycles. The molecular formula is C32H44N8O5. The molecule has 13 nitrogen and oxygen atoms in total. The Balaban J connectivity index is 1.85. The Bertz CT molecular complexity index is 1470. The SMILES string of the molecule is CCC(C)C(N)C(=O)NC(Cc1c[nH]c2ccccc12)C(=O)NC(CCCN=C(N)N)C(=O)NC(Cc1ccccc1)C(=O)O. The summed E-state index contributed by atoms with van der Waals surface area (Å²) in [6.45, 7) is 3.96. The number of fused-ring (bicyclic) bond motifs is 1. The minimum Gasteiger partial charge on any atom is -0.480 e. The van der Waals surface area contributed by atoms with E-state index in [9.17, 15) is 24.3 Å². The number of guanidine groups is 1. The van der Waals surface area contributed by atoms with Gasteiger partial charge in [-0.1, -0.05) is 68.8 Å². The molecule has 11 N–H and O–H groups in total. The van der Waals surface area contributed by atoms with Crippen molar-refractivity contribution in [3.05, 3.63) is 71.9 Å². The van der Waals surface area contributed by atoms with Crippen molar-refractivity contribution in [2.75, 3.05) is 6.54 Å². The summed E-state index contributed by atoms with van der Waals surface area (Å²) in [5, 5.41) is 18.8. The number of hydrogen-bond acceptors (Lipinski definition) is 6. The van der Waals surface area contributed by atoms with E-state index in [4.69, 9.17) is 17.2 Å². The standard InChI is InChI=1S/C32H44N8O5/c1-3-19(2)27(33)30(43)39-25(17-21-18-37-23-13-8-7-12-22(21)23)29(42)38-24(14-9-15-36-32(34)35)28(41)40-26(31(44)45)16-20-10-5-4-6-11-20/h4-8,10-13,18-19,24-27,37H,3,9,14-17,33H2,1-2H3,(H,38,42)(H,39,43)(H,40,41)(H,44,45)(H4,34,35,36). The molecule has 0 bridgehead atoms. The number of para-hydroxylation sites is 1. The van der Waals surface area contributed by atoms with E-state index in [2.05, 4.69) is 25.9 Å². The third-order valence-corrected chi connectivity index (χ3v) is 7.77. The van der Waals surface area contributed by atoms with E-state index >= 15 is 0 Å². The zero-order valence-corrected chi connectivity index (χ0v) is 25.7. The first-order chi connectivity index (χ1) is 21.5. The van der Waals surface area contributed by atoms with Crippen molar-refractivity contribution in [1.29, 1.82) is 0 Å². The van der Waals surface area contributed by atoms with Crippen LogP contribution in [-0.2, 0) is 32.0 Å². The first kappa shape index (κ1) is 34.6. The zero-order chi connectivity index (χ0) is 32.9. The van der Waals surface area contributed by atoms with Gasteiger partial charge < -0.3 is 43.2 Å². The van der Waals surface area contributed by atoms with Crippen LogP contribution in [0.5, 0.6) is 0 Å². The summed E-state index contributed by atoms with van der Waals surface area (Å²) in [6.07, 6.45) is 3.01. The van der Waals surface area contributed by atoms with Crippen molar-refractivity contribution in [2.24, 2.45) is 28.1 Å². The molecule has 2 aromatic carbocycles. The molecule has 13 heteroatoms. The number of carboxylic acid groups (broad SMARTS) is 1. The van der Waals surface area contributed by atoms with Crippen LogP contribution in [0.25, 0.3) is 10.9 Å². The maximum absolute atomic E-state index is 13.8. The number of carbonyl (C=O) groups excluding carboxylic acids is 3. The van der Waals surface area contributed by atoms with E-state index in [1.807, 2.05) is 38.1 Å². The van der Waals surface area contributed by atoms with Gasteiger partial charge in [0.2, 0.25) is 17.7 Å². The minimum atomic E-state index is -1.24. The highest BCUT2D eigenvalue weighted by atomic mass is 16.4. The number of aromatic nitrogens is 1. The molecule has 5 atom stereocenters.